The highest BCUT2D eigenvalue weighted by molar-refractivity contribution is 14.1. The predicted octanol–water partition coefficient (Wildman–Crippen LogP) is 4.24. The minimum absolute atomic E-state index is 0.169. The van der Waals surface area contributed by atoms with E-state index in [9.17, 15) is 4.39 Å². The van der Waals surface area contributed by atoms with E-state index < -0.39 is 0 Å². The van der Waals surface area contributed by atoms with E-state index >= 15 is 0 Å². The normalized spacial score (nSPS) is 19.4. The second-order valence-electron chi connectivity index (χ2n) is 4.61. The molecule has 6 heteroatoms. The second-order valence-corrected chi connectivity index (χ2v) is 7.30. The van der Waals surface area contributed by atoms with Crippen molar-refractivity contribution in [3.05, 3.63) is 27.3 Å². The zero-order valence-corrected chi connectivity index (χ0v) is 13.9. The summed E-state index contributed by atoms with van der Waals surface area (Å²) in [5, 5.41) is 0. The lowest BCUT2D eigenvalue weighted by Gasteiger charge is -2.15. The first-order valence-electron chi connectivity index (χ1n) is 6.20. The van der Waals surface area contributed by atoms with Gasteiger partial charge in [-0.05, 0) is 40.8 Å². The maximum absolute atomic E-state index is 13.8. The number of imidazole rings is 1. The van der Waals surface area contributed by atoms with Crippen molar-refractivity contribution >= 4 is 57.0 Å². The molecule has 0 radical (unpaired) electrons. The van der Waals surface area contributed by atoms with Crippen molar-refractivity contribution in [3.63, 3.8) is 0 Å². The molecular weight excluding hydrogens is 398 g/mol. The molecule has 1 aromatic carbocycles. The number of fused-ring (bicyclic) bond motifs is 1. The van der Waals surface area contributed by atoms with E-state index in [1.807, 2.05) is 40.4 Å². The van der Waals surface area contributed by atoms with Crippen LogP contribution in [-0.4, -0.2) is 26.9 Å². The number of hydrogen-bond acceptors (Lipinski definition) is 2. The molecule has 0 N–H and O–H groups in total. The van der Waals surface area contributed by atoms with E-state index in [1.165, 1.54) is 0 Å². The van der Waals surface area contributed by atoms with E-state index in [2.05, 4.69) is 9.55 Å². The van der Waals surface area contributed by atoms with E-state index in [-0.39, 0.29) is 5.82 Å². The van der Waals surface area contributed by atoms with Gasteiger partial charge in [-0.15, -0.1) is 11.6 Å². The first-order valence-corrected chi connectivity index (χ1v) is 8.97. The molecule has 0 spiro atoms. The Balaban J connectivity index is 2.19. The number of aromatic nitrogens is 2. The quantitative estimate of drug-likeness (QED) is 0.556. The highest BCUT2D eigenvalue weighted by atomic mass is 127. The molecule has 2 aromatic rings. The van der Waals surface area contributed by atoms with Gasteiger partial charge in [0.2, 0.25) is 0 Å². The van der Waals surface area contributed by atoms with Gasteiger partial charge in [0.1, 0.15) is 11.6 Å². The summed E-state index contributed by atoms with van der Waals surface area (Å²) in [4.78, 5) is 4.65. The van der Waals surface area contributed by atoms with Crippen molar-refractivity contribution in [1.29, 1.82) is 0 Å². The van der Waals surface area contributed by atoms with Crippen molar-refractivity contribution in [2.45, 2.75) is 18.9 Å². The first kappa shape index (κ1) is 13.9. The van der Waals surface area contributed by atoms with Crippen LogP contribution in [0.5, 0.6) is 0 Å². The number of hydrogen-bond donors (Lipinski definition) is 0. The van der Waals surface area contributed by atoms with E-state index in [0.717, 1.165) is 41.2 Å². The predicted molar refractivity (Wildman–Crippen MR) is 87.8 cm³/mol. The van der Waals surface area contributed by atoms with Gasteiger partial charge >= 0.3 is 0 Å². The molecule has 2 heterocycles. The fourth-order valence-electron chi connectivity index (χ4n) is 2.53. The highest BCUT2D eigenvalue weighted by Crippen LogP contribution is 2.33. The third-order valence-electron chi connectivity index (χ3n) is 3.39. The largest absolute Gasteiger partial charge is 0.324 e. The summed E-state index contributed by atoms with van der Waals surface area (Å²) >= 11 is 9.83. The molecule has 1 fully saturated rings. The molecule has 1 aromatic heterocycles. The molecule has 1 unspecified atom stereocenters. The maximum atomic E-state index is 13.8. The molecule has 1 aliphatic heterocycles. The van der Waals surface area contributed by atoms with Gasteiger partial charge in [-0.3, -0.25) is 0 Å². The lowest BCUT2D eigenvalue weighted by Crippen LogP contribution is -2.12. The highest BCUT2D eigenvalue weighted by Gasteiger charge is 2.23. The van der Waals surface area contributed by atoms with Crippen LogP contribution < -0.4 is 0 Å². The summed E-state index contributed by atoms with van der Waals surface area (Å²) in [5.74, 6) is 3.60. The third-order valence-corrected chi connectivity index (χ3v) is 5.55. The van der Waals surface area contributed by atoms with Gasteiger partial charge in [0.05, 0.1) is 14.6 Å². The molecule has 102 valence electrons. The Kier molecular flexibility index (Phi) is 4.24. The SMILES string of the molecule is Fc1cc2c(cc1I)nc(CCCl)n2C1CCSC1. The molecule has 0 bridgehead atoms. The number of benzene rings is 1. The Morgan fingerprint density at radius 2 is 2.37 bits per heavy atom. The van der Waals surface area contributed by atoms with Gasteiger partial charge in [-0.2, -0.15) is 11.8 Å². The van der Waals surface area contributed by atoms with Crippen molar-refractivity contribution < 1.29 is 4.39 Å². The molecular formula is C13H13ClFIN2S. The third kappa shape index (κ3) is 2.61. The number of aryl methyl sites for hydroxylation is 1. The fraction of sp³-hybridized carbons (Fsp3) is 0.462. The lowest BCUT2D eigenvalue weighted by molar-refractivity contribution is 0.550. The van der Waals surface area contributed by atoms with Crippen molar-refractivity contribution in [1.82, 2.24) is 9.55 Å². The first-order chi connectivity index (χ1) is 9.20. The van der Waals surface area contributed by atoms with Crippen LogP contribution in [0.25, 0.3) is 11.0 Å². The molecule has 1 saturated heterocycles. The Morgan fingerprint density at radius 3 is 3.05 bits per heavy atom. The van der Waals surface area contributed by atoms with Gasteiger partial charge in [0.15, 0.2) is 0 Å². The number of rotatable bonds is 3. The minimum atomic E-state index is -0.169. The smallest absolute Gasteiger partial charge is 0.138 e. The number of alkyl halides is 1. The molecule has 19 heavy (non-hydrogen) atoms. The average molecular weight is 411 g/mol. The summed E-state index contributed by atoms with van der Waals surface area (Å²) in [6.45, 7) is 0. The van der Waals surface area contributed by atoms with Crippen molar-refractivity contribution in [2.24, 2.45) is 0 Å². The number of nitrogens with zero attached hydrogens (tertiary/aromatic N) is 2. The average Bonchev–Trinajstić information content (AvgIpc) is 2.98. The van der Waals surface area contributed by atoms with Gasteiger partial charge in [0.25, 0.3) is 0 Å². The molecule has 0 saturated carbocycles. The molecule has 1 aliphatic rings. The van der Waals surface area contributed by atoms with Gasteiger partial charge in [-0.25, -0.2) is 9.37 Å². The van der Waals surface area contributed by atoms with Crippen LogP contribution in [-0.2, 0) is 6.42 Å². The Labute approximate surface area is 134 Å². The summed E-state index contributed by atoms with van der Waals surface area (Å²) in [6, 6.07) is 3.86. The molecule has 0 amide bonds. The van der Waals surface area contributed by atoms with Crippen LogP contribution in [0.15, 0.2) is 12.1 Å². The van der Waals surface area contributed by atoms with E-state index in [4.69, 9.17) is 11.6 Å². The molecule has 0 aliphatic carbocycles. The summed E-state index contributed by atoms with van der Waals surface area (Å²) in [7, 11) is 0. The lowest BCUT2D eigenvalue weighted by atomic mass is 10.2. The second kappa shape index (κ2) is 5.77. The van der Waals surface area contributed by atoms with Crippen LogP contribution in [0, 0.1) is 9.39 Å². The number of halogens is 3. The maximum Gasteiger partial charge on any atom is 0.138 e. The fourth-order valence-corrected chi connectivity index (χ4v) is 4.35. The van der Waals surface area contributed by atoms with Crippen molar-refractivity contribution in [3.8, 4) is 0 Å². The van der Waals surface area contributed by atoms with Crippen LogP contribution in [0.4, 0.5) is 4.39 Å². The van der Waals surface area contributed by atoms with Gasteiger partial charge in [0, 0.05) is 30.2 Å². The van der Waals surface area contributed by atoms with Crippen LogP contribution in [0.1, 0.15) is 18.3 Å². The minimum Gasteiger partial charge on any atom is -0.324 e. The summed E-state index contributed by atoms with van der Waals surface area (Å²) < 4.78 is 16.7. The molecule has 1 atom stereocenters. The monoisotopic (exact) mass is 410 g/mol. The van der Waals surface area contributed by atoms with Crippen LogP contribution >= 0.6 is 46.0 Å². The number of thioether (sulfide) groups is 1. The van der Waals surface area contributed by atoms with E-state index in [0.29, 0.717) is 15.5 Å². The van der Waals surface area contributed by atoms with Gasteiger partial charge < -0.3 is 4.57 Å². The van der Waals surface area contributed by atoms with Crippen molar-refractivity contribution in [2.75, 3.05) is 17.4 Å². The standard InChI is InChI=1S/C13H13ClFIN2S/c14-3-1-13-17-11-6-10(16)9(15)5-12(11)18(13)8-2-4-19-7-8/h5-6,8H,1-4,7H2. The zero-order valence-electron chi connectivity index (χ0n) is 10.2. The molecule has 3 rings (SSSR count). The van der Waals surface area contributed by atoms with Gasteiger partial charge in [-0.1, -0.05) is 0 Å². The zero-order chi connectivity index (χ0) is 13.4. The summed E-state index contributed by atoms with van der Waals surface area (Å²) in [5.41, 5.74) is 1.79. The molecule has 2 nitrogen and oxygen atoms in total. The van der Waals surface area contributed by atoms with E-state index in [1.54, 1.807) is 6.07 Å². The van der Waals surface area contributed by atoms with Crippen LogP contribution in [0.2, 0.25) is 0 Å². The topological polar surface area (TPSA) is 17.8 Å². The summed E-state index contributed by atoms with van der Waals surface area (Å²) in [6.07, 6.45) is 1.86. The Morgan fingerprint density at radius 1 is 1.53 bits per heavy atom. The Hall–Kier alpha value is -0.0100. The van der Waals surface area contributed by atoms with Crippen LogP contribution in [0.3, 0.4) is 0 Å². The Bertz CT molecular complexity index is 610.